The van der Waals surface area contributed by atoms with Gasteiger partial charge < -0.3 is 23.0 Å². The number of unbranched alkanes of at least 4 members (excludes halogenated alkanes) is 4. The molecule has 27 heavy (non-hydrogen) atoms. The van der Waals surface area contributed by atoms with Crippen molar-refractivity contribution < 1.29 is 44.6 Å². The zero-order valence-electron chi connectivity index (χ0n) is 17.1. The Morgan fingerprint density at radius 1 is 0.741 bits per heavy atom. The monoisotopic (exact) mass is 508 g/mol. The molecular formula is C16H38FeO6P2S2. The van der Waals surface area contributed by atoms with Crippen molar-refractivity contribution in [2.75, 3.05) is 26.4 Å². The molecule has 0 saturated carbocycles. The van der Waals surface area contributed by atoms with E-state index in [1.807, 2.05) is 13.8 Å². The van der Waals surface area contributed by atoms with Crippen LogP contribution < -0.4 is 0 Å². The first-order valence-corrected chi connectivity index (χ1v) is 14.8. The van der Waals surface area contributed by atoms with Gasteiger partial charge in [-0.15, -0.1) is 0 Å². The standard InChI is InChI=1S/2C8H19O3PS.Fe/c2*1-3-5-7-10-12(9,13)11-8-6-4-2;/h2*3-8H2,1-2H3,(H,9,13);. The Morgan fingerprint density at radius 3 is 1.26 bits per heavy atom. The van der Waals surface area contributed by atoms with Gasteiger partial charge >= 0.3 is 13.5 Å². The summed E-state index contributed by atoms with van der Waals surface area (Å²) in [6, 6.07) is 0. The molecule has 0 aromatic rings. The molecule has 168 valence electrons. The van der Waals surface area contributed by atoms with Gasteiger partial charge in [-0.3, -0.25) is 0 Å². The van der Waals surface area contributed by atoms with E-state index in [4.69, 9.17) is 29.9 Å². The summed E-state index contributed by atoms with van der Waals surface area (Å²) in [5, 5.41) is 0. The zero-order chi connectivity index (χ0) is 20.3. The number of rotatable bonds is 16. The van der Waals surface area contributed by atoms with E-state index in [9.17, 15) is 9.46 Å². The molecule has 0 unspecified atom stereocenters. The van der Waals surface area contributed by atoms with Gasteiger partial charge in [-0.1, -0.05) is 65.6 Å². The second kappa shape index (κ2) is 22.2. The summed E-state index contributed by atoms with van der Waals surface area (Å²) in [4.78, 5) is 9.45. The van der Waals surface area contributed by atoms with Crippen LogP contribution in [0.25, 0.3) is 0 Å². The topological polar surface area (TPSA) is 74.2 Å². The fourth-order valence-electron chi connectivity index (χ4n) is 1.37. The molecule has 0 spiro atoms. The van der Waals surface area contributed by atoms with Gasteiger partial charge in [-0.05, 0) is 37.5 Å². The minimum absolute atomic E-state index is 0. The molecule has 0 aromatic carbocycles. The van der Waals surface area contributed by atoms with Crippen LogP contribution in [0.4, 0.5) is 0 Å². The van der Waals surface area contributed by atoms with Crippen molar-refractivity contribution in [3.63, 3.8) is 0 Å². The summed E-state index contributed by atoms with van der Waals surface area (Å²) >= 11 is 8.64. The fourth-order valence-corrected chi connectivity index (χ4v) is 3.90. The first-order valence-electron chi connectivity index (χ1n) is 9.48. The van der Waals surface area contributed by atoms with Crippen LogP contribution in [-0.4, -0.2) is 31.3 Å². The van der Waals surface area contributed by atoms with E-state index in [-0.39, 0.29) is 17.1 Å². The first-order chi connectivity index (χ1) is 12.2. The Kier molecular flexibility index (Phi) is 27.3. The van der Waals surface area contributed by atoms with E-state index in [0.29, 0.717) is 26.4 Å². The minimum Gasteiger partial charge on any atom is -0.324 e. The maximum Gasteiger partial charge on any atom is 0.386 e. The quantitative estimate of drug-likeness (QED) is 0.107. The van der Waals surface area contributed by atoms with Gasteiger partial charge in [0.2, 0.25) is 0 Å². The summed E-state index contributed by atoms with van der Waals surface area (Å²) in [7, 11) is 0. The molecule has 6 nitrogen and oxygen atoms in total. The molecule has 0 aliphatic rings. The second-order valence-electron chi connectivity index (χ2n) is 5.68. The molecule has 0 atom stereocenters. The van der Waals surface area contributed by atoms with Crippen molar-refractivity contribution in [2.24, 2.45) is 0 Å². The van der Waals surface area contributed by atoms with Crippen molar-refractivity contribution in [1.29, 1.82) is 0 Å². The van der Waals surface area contributed by atoms with Gasteiger partial charge in [-0.25, -0.2) is 4.57 Å². The molecule has 0 heterocycles. The van der Waals surface area contributed by atoms with E-state index in [0.717, 1.165) is 51.4 Å². The van der Waals surface area contributed by atoms with Gasteiger partial charge in [0.15, 0.2) is 0 Å². The maximum absolute atomic E-state index is 11.4. The Morgan fingerprint density at radius 2 is 1.00 bits per heavy atom. The third kappa shape index (κ3) is 27.5. The Labute approximate surface area is 187 Å². The Bertz CT molecular complexity index is 341. The minimum atomic E-state index is -3.06. The zero-order valence-corrected chi connectivity index (χ0v) is 21.7. The average Bonchev–Trinajstić information content (AvgIpc) is 2.56. The number of thiol groups is 1. The van der Waals surface area contributed by atoms with Crippen LogP contribution in [0.3, 0.4) is 0 Å². The summed E-state index contributed by atoms with van der Waals surface area (Å²) < 4.78 is 31.6. The van der Waals surface area contributed by atoms with Crippen LogP contribution in [0.5, 0.6) is 0 Å². The largest absolute Gasteiger partial charge is 0.386 e. The van der Waals surface area contributed by atoms with E-state index >= 15 is 0 Å². The Balaban J connectivity index is -0.000000411. The molecule has 0 bridgehead atoms. The summed E-state index contributed by atoms with van der Waals surface area (Å²) in [5.41, 5.74) is 0. The molecule has 0 fully saturated rings. The number of hydrogen-bond acceptors (Lipinski definition) is 6. The second-order valence-corrected chi connectivity index (χ2v) is 11.4. The maximum atomic E-state index is 11.4. The van der Waals surface area contributed by atoms with Gasteiger partial charge in [0.1, 0.15) is 0 Å². The molecule has 11 heteroatoms. The predicted molar refractivity (Wildman–Crippen MR) is 117 cm³/mol. The summed E-state index contributed by atoms with van der Waals surface area (Å²) in [6.45, 7) is 4.15. The van der Waals surface area contributed by atoms with Crippen LogP contribution in [-0.2, 0) is 51.5 Å². The predicted octanol–water partition coefficient (Wildman–Crippen LogP) is 6.49. The normalized spacial score (nSPS) is 11.5. The van der Waals surface area contributed by atoms with Crippen LogP contribution in [0.15, 0.2) is 0 Å². The van der Waals surface area contributed by atoms with Crippen molar-refractivity contribution in [3.05, 3.63) is 0 Å². The average molecular weight is 508 g/mol. The third-order valence-electron chi connectivity index (χ3n) is 3.01. The summed E-state index contributed by atoms with van der Waals surface area (Å²) in [5.74, 6) is 0. The molecule has 0 aliphatic carbocycles. The number of hydrogen-bond donors (Lipinski definition) is 2. The molecular weight excluding hydrogens is 470 g/mol. The van der Waals surface area contributed by atoms with Crippen molar-refractivity contribution >= 4 is 37.6 Å². The van der Waals surface area contributed by atoms with Gasteiger partial charge in [0.25, 0.3) is 0 Å². The van der Waals surface area contributed by atoms with Gasteiger partial charge in [-0.2, -0.15) is 0 Å². The van der Waals surface area contributed by atoms with E-state index < -0.39 is 13.5 Å². The van der Waals surface area contributed by atoms with E-state index in [2.05, 4.69) is 26.1 Å². The van der Waals surface area contributed by atoms with Crippen molar-refractivity contribution in [3.8, 4) is 0 Å². The van der Waals surface area contributed by atoms with E-state index in [1.54, 1.807) is 0 Å². The molecule has 1 N–H and O–H groups in total. The Hall–Kier alpha value is 1.55. The van der Waals surface area contributed by atoms with Crippen molar-refractivity contribution in [2.45, 2.75) is 79.1 Å². The molecule has 0 rings (SSSR count). The molecule has 0 saturated heterocycles. The summed E-state index contributed by atoms with van der Waals surface area (Å²) in [6.07, 6.45) is 7.70. The smallest absolute Gasteiger partial charge is 0.324 e. The van der Waals surface area contributed by atoms with Crippen LogP contribution in [0.1, 0.15) is 79.1 Å². The fraction of sp³-hybridized carbons (Fsp3) is 1.00. The molecule has 0 aromatic heterocycles. The van der Waals surface area contributed by atoms with Crippen LogP contribution >= 0.6 is 25.8 Å². The SMILES string of the molecule is CCCCOP(=O)(S)OCCCC.CCCCOP(O)(=S)OCCCC.[Fe]. The molecule has 0 amide bonds. The molecule has 0 radical (unpaired) electrons. The van der Waals surface area contributed by atoms with Crippen LogP contribution in [0.2, 0.25) is 0 Å². The van der Waals surface area contributed by atoms with Crippen molar-refractivity contribution in [1.82, 2.24) is 0 Å². The van der Waals surface area contributed by atoms with E-state index in [1.165, 1.54) is 0 Å². The molecule has 0 aliphatic heterocycles. The first kappa shape index (κ1) is 33.2. The van der Waals surface area contributed by atoms with Crippen LogP contribution in [0, 0.1) is 0 Å². The van der Waals surface area contributed by atoms with Gasteiger partial charge in [0.05, 0.1) is 26.4 Å². The third-order valence-corrected chi connectivity index (χ3v) is 6.37. The van der Waals surface area contributed by atoms with Gasteiger partial charge in [0, 0.05) is 17.1 Å².